The maximum atomic E-state index is 5.07. The van der Waals surface area contributed by atoms with Crippen LogP contribution in [0.15, 0.2) is 0 Å². The van der Waals surface area contributed by atoms with Gasteiger partial charge in [0.25, 0.3) is 0 Å². The van der Waals surface area contributed by atoms with Crippen molar-refractivity contribution in [3.05, 3.63) is 0 Å². The lowest BCUT2D eigenvalue weighted by Crippen LogP contribution is -2.43. The molecular formula is C12H28N2O. The van der Waals surface area contributed by atoms with Crippen LogP contribution in [0, 0.1) is 0 Å². The first-order valence-corrected chi connectivity index (χ1v) is 6.11. The maximum Gasteiger partial charge on any atom is 0.0476 e. The number of ether oxygens (including phenoxy) is 1. The first-order valence-electron chi connectivity index (χ1n) is 6.11. The highest BCUT2D eigenvalue weighted by Crippen LogP contribution is 1.96. The van der Waals surface area contributed by atoms with Gasteiger partial charge in [-0.05, 0) is 33.4 Å². The highest BCUT2D eigenvalue weighted by atomic mass is 16.5. The largest absolute Gasteiger partial charge is 0.385 e. The lowest BCUT2D eigenvalue weighted by atomic mass is 10.2. The third kappa shape index (κ3) is 7.77. The molecule has 0 aliphatic carbocycles. The Morgan fingerprint density at radius 2 is 1.73 bits per heavy atom. The summed E-state index contributed by atoms with van der Waals surface area (Å²) in [5.41, 5.74) is 0. The molecule has 0 spiro atoms. The molecule has 0 heterocycles. The number of hydrogen-bond acceptors (Lipinski definition) is 3. The second-order valence-corrected chi connectivity index (χ2v) is 4.24. The summed E-state index contributed by atoms with van der Waals surface area (Å²) >= 11 is 0. The van der Waals surface area contributed by atoms with Crippen LogP contribution in [0.4, 0.5) is 0 Å². The number of methoxy groups -OCH3 is 1. The number of nitrogens with one attached hydrogen (secondary N) is 1. The predicted molar refractivity (Wildman–Crippen MR) is 66.3 cm³/mol. The van der Waals surface area contributed by atoms with Gasteiger partial charge < -0.3 is 15.0 Å². The molecule has 0 aliphatic rings. The van der Waals surface area contributed by atoms with Crippen LogP contribution >= 0.6 is 0 Å². The summed E-state index contributed by atoms with van der Waals surface area (Å²) in [7, 11) is 1.76. The zero-order valence-corrected chi connectivity index (χ0v) is 11.0. The molecule has 0 aromatic heterocycles. The number of rotatable bonds is 9. The van der Waals surface area contributed by atoms with Gasteiger partial charge in [0.05, 0.1) is 0 Å². The molecule has 2 atom stereocenters. The number of likely N-dealkylation sites (N-methyl/N-ethyl adjacent to an activating group) is 1. The van der Waals surface area contributed by atoms with Crippen molar-refractivity contribution in [2.75, 3.05) is 33.4 Å². The van der Waals surface area contributed by atoms with Crippen LogP contribution < -0.4 is 5.32 Å². The van der Waals surface area contributed by atoms with Gasteiger partial charge in [0, 0.05) is 32.3 Å². The third-order valence-corrected chi connectivity index (χ3v) is 2.75. The van der Waals surface area contributed by atoms with Gasteiger partial charge in [-0.1, -0.05) is 13.8 Å². The van der Waals surface area contributed by atoms with Gasteiger partial charge in [-0.3, -0.25) is 0 Å². The standard InChI is InChI=1S/C12H28N2O/c1-6-14(7-2)10-12(4)13-11(3)8-9-15-5/h11-13H,6-10H2,1-5H3. The second-order valence-electron chi connectivity index (χ2n) is 4.24. The molecular weight excluding hydrogens is 188 g/mol. The smallest absolute Gasteiger partial charge is 0.0476 e. The molecule has 1 N–H and O–H groups in total. The van der Waals surface area contributed by atoms with Crippen molar-refractivity contribution in [2.24, 2.45) is 0 Å². The van der Waals surface area contributed by atoms with Crippen LogP contribution in [0.5, 0.6) is 0 Å². The first kappa shape index (κ1) is 14.9. The molecule has 0 saturated carbocycles. The van der Waals surface area contributed by atoms with E-state index in [0.717, 1.165) is 32.7 Å². The van der Waals surface area contributed by atoms with Crippen molar-refractivity contribution in [1.29, 1.82) is 0 Å². The summed E-state index contributed by atoms with van der Waals surface area (Å²) in [5, 5.41) is 3.59. The van der Waals surface area contributed by atoms with E-state index in [1.807, 2.05) is 0 Å². The summed E-state index contributed by atoms with van der Waals surface area (Å²) in [5.74, 6) is 0. The molecule has 3 nitrogen and oxygen atoms in total. The minimum atomic E-state index is 0.538. The Kier molecular flexibility index (Phi) is 9.06. The molecule has 92 valence electrons. The Balaban J connectivity index is 3.66. The molecule has 0 aromatic carbocycles. The van der Waals surface area contributed by atoms with E-state index in [9.17, 15) is 0 Å². The van der Waals surface area contributed by atoms with Gasteiger partial charge in [0.2, 0.25) is 0 Å². The van der Waals surface area contributed by atoms with E-state index < -0.39 is 0 Å². The van der Waals surface area contributed by atoms with E-state index in [-0.39, 0.29) is 0 Å². The average molecular weight is 216 g/mol. The van der Waals surface area contributed by atoms with Gasteiger partial charge in [0.1, 0.15) is 0 Å². The zero-order chi connectivity index (χ0) is 11.7. The highest BCUT2D eigenvalue weighted by molar-refractivity contribution is 4.70. The van der Waals surface area contributed by atoms with Gasteiger partial charge in [-0.25, -0.2) is 0 Å². The molecule has 3 heteroatoms. The highest BCUT2D eigenvalue weighted by Gasteiger charge is 2.09. The summed E-state index contributed by atoms with van der Waals surface area (Å²) in [6.45, 7) is 13.1. The lowest BCUT2D eigenvalue weighted by molar-refractivity contribution is 0.179. The molecule has 0 radical (unpaired) electrons. The van der Waals surface area contributed by atoms with Crippen molar-refractivity contribution in [3.8, 4) is 0 Å². The van der Waals surface area contributed by atoms with Crippen molar-refractivity contribution in [1.82, 2.24) is 10.2 Å². The summed E-state index contributed by atoms with van der Waals surface area (Å²) in [6, 6.07) is 1.09. The van der Waals surface area contributed by atoms with Crippen molar-refractivity contribution < 1.29 is 4.74 Å². The van der Waals surface area contributed by atoms with Gasteiger partial charge in [-0.15, -0.1) is 0 Å². The van der Waals surface area contributed by atoms with Crippen LogP contribution in [0.1, 0.15) is 34.1 Å². The molecule has 0 fully saturated rings. The van der Waals surface area contributed by atoms with E-state index in [2.05, 4.69) is 37.9 Å². The quantitative estimate of drug-likeness (QED) is 0.635. The molecule has 0 aromatic rings. The lowest BCUT2D eigenvalue weighted by Gasteiger charge is -2.26. The Bertz CT molecular complexity index is 138. The average Bonchev–Trinajstić information content (AvgIpc) is 2.22. The zero-order valence-electron chi connectivity index (χ0n) is 11.0. The minimum absolute atomic E-state index is 0.538. The maximum absolute atomic E-state index is 5.07. The molecule has 0 amide bonds. The van der Waals surface area contributed by atoms with Crippen molar-refractivity contribution in [2.45, 2.75) is 46.2 Å². The van der Waals surface area contributed by atoms with Crippen LogP contribution in [0.3, 0.4) is 0 Å². The van der Waals surface area contributed by atoms with Crippen molar-refractivity contribution in [3.63, 3.8) is 0 Å². The van der Waals surface area contributed by atoms with Gasteiger partial charge in [-0.2, -0.15) is 0 Å². The molecule has 0 saturated heterocycles. The fraction of sp³-hybridized carbons (Fsp3) is 1.00. The van der Waals surface area contributed by atoms with E-state index in [0.29, 0.717) is 12.1 Å². The van der Waals surface area contributed by atoms with E-state index >= 15 is 0 Å². The fourth-order valence-corrected chi connectivity index (χ4v) is 1.79. The molecule has 0 bridgehead atoms. The summed E-state index contributed by atoms with van der Waals surface area (Å²) in [6.07, 6.45) is 1.08. The Morgan fingerprint density at radius 3 is 2.20 bits per heavy atom. The monoisotopic (exact) mass is 216 g/mol. The third-order valence-electron chi connectivity index (χ3n) is 2.75. The van der Waals surface area contributed by atoms with E-state index in [1.54, 1.807) is 7.11 Å². The van der Waals surface area contributed by atoms with E-state index in [1.165, 1.54) is 0 Å². The van der Waals surface area contributed by atoms with Gasteiger partial charge >= 0.3 is 0 Å². The van der Waals surface area contributed by atoms with Crippen LogP contribution in [0.2, 0.25) is 0 Å². The Morgan fingerprint density at radius 1 is 1.13 bits per heavy atom. The molecule has 0 rings (SSSR count). The fourth-order valence-electron chi connectivity index (χ4n) is 1.79. The molecule has 15 heavy (non-hydrogen) atoms. The summed E-state index contributed by atoms with van der Waals surface area (Å²) in [4.78, 5) is 2.45. The number of hydrogen-bond donors (Lipinski definition) is 1. The Labute approximate surface area is 95.2 Å². The topological polar surface area (TPSA) is 24.5 Å². The SMILES string of the molecule is CCN(CC)CC(C)NC(C)CCOC. The first-order chi connectivity index (χ1) is 7.13. The van der Waals surface area contributed by atoms with E-state index in [4.69, 9.17) is 4.74 Å². The van der Waals surface area contributed by atoms with Crippen LogP contribution in [-0.2, 0) is 4.74 Å². The summed E-state index contributed by atoms with van der Waals surface area (Å²) < 4.78 is 5.07. The number of nitrogens with zero attached hydrogens (tertiary/aromatic N) is 1. The van der Waals surface area contributed by atoms with Crippen LogP contribution in [0.25, 0.3) is 0 Å². The minimum Gasteiger partial charge on any atom is -0.385 e. The Hall–Kier alpha value is -0.120. The normalized spacial score (nSPS) is 15.6. The predicted octanol–water partition coefficient (Wildman–Crippen LogP) is 1.73. The molecule has 0 aliphatic heterocycles. The van der Waals surface area contributed by atoms with Gasteiger partial charge in [0.15, 0.2) is 0 Å². The second kappa shape index (κ2) is 9.13. The van der Waals surface area contributed by atoms with Crippen molar-refractivity contribution >= 4 is 0 Å². The van der Waals surface area contributed by atoms with Crippen LogP contribution in [-0.4, -0.2) is 50.3 Å². The molecule has 2 unspecified atom stereocenters.